The SMILES string of the molecule is Cn1cc(-c2n[nH]c3c2C[C@@H](C(=O)NCC2CCOCC2)CC3)cn1. The van der Waals surface area contributed by atoms with Crippen molar-refractivity contribution in [2.45, 2.75) is 32.1 Å². The van der Waals surface area contributed by atoms with Gasteiger partial charge >= 0.3 is 0 Å². The highest BCUT2D eigenvalue weighted by atomic mass is 16.5. The van der Waals surface area contributed by atoms with Gasteiger partial charge in [0.2, 0.25) is 5.91 Å². The summed E-state index contributed by atoms with van der Waals surface area (Å²) in [5.41, 5.74) is 4.27. The van der Waals surface area contributed by atoms with Gasteiger partial charge in [-0.3, -0.25) is 14.6 Å². The zero-order valence-corrected chi connectivity index (χ0v) is 14.6. The molecule has 0 radical (unpaired) electrons. The van der Waals surface area contributed by atoms with Crippen molar-refractivity contribution in [3.63, 3.8) is 0 Å². The van der Waals surface area contributed by atoms with E-state index >= 15 is 0 Å². The maximum absolute atomic E-state index is 12.6. The van der Waals surface area contributed by atoms with Gasteiger partial charge in [0.15, 0.2) is 0 Å². The lowest BCUT2D eigenvalue weighted by molar-refractivity contribution is -0.125. The molecule has 1 aliphatic heterocycles. The molecule has 2 N–H and O–H groups in total. The van der Waals surface area contributed by atoms with Crippen LogP contribution in [0.15, 0.2) is 12.4 Å². The van der Waals surface area contributed by atoms with E-state index < -0.39 is 0 Å². The van der Waals surface area contributed by atoms with Crippen molar-refractivity contribution in [1.29, 1.82) is 0 Å². The summed E-state index contributed by atoms with van der Waals surface area (Å²) in [5, 5.41) is 15.0. The van der Waals surface area contributed by atoms with E-state index in [-0.39, 0.29) is 11.8 Å². The molecule has 1 amide bonds. The van der Waals surface area contributed by atoms with Crippen LogP contribution in [-0.4, -0.2) is 45.6 Å². The van der Waals surface area contributed by atoms with Crippen molar-refractivity contribution in [2.75, 3.05) is 19.8 Å². The highest BCUT2D eigenvalue weighted by Gasteiger charge is 2.29. The summed E-state index contributed by atoms with van der Waals surface area (Å²) in [7, 11) is 1.90. The number of hydrogen-bond donors (Lipinski definition) is 2. The van der Waals surface area contributed by atoms with Crippen molar-refractivity contribution in [2.24, 2.45) is 18.9 Å². The van der Waals surface area contributed by atoms with Gasteiger partial charge in [-0.05, 0) is 38.0 Å². The minimum atomic E-state index is 0.0281. The van der Waals surface area contributed by atoms with Gasteiger partial charge in [-0.25, -0.2) is 0 Å². The molecule has 2 aliphatic rings. The summed E-state index contributed by atoms with van der Waals surface area (Å²) >= 11 is 0. The van der Waals surface area contributed by atoms with Gasteiger partial charge in [-0.15, -0.1) is 0 Å². The quantitative estimate of drug-likeness (QED) is 0.880. The second-order valence-electron chi connectivity index (χ2n) is 7.17. The lowest BCUT2D eigenvalue weighted by atomic mass is 9.85. The Labute approximate surface area is 147 Å². The van der Waals surface area contributed by atoms with Crippen LogP contribution in [0.3, 0.4) is 0 Å². The summed E-state index contributed by atoms with van der Waals surface area (Å²) in [6, 6.07) is 0. The standard InChI is InChI=1S/C18H25N5O2/c1-23-11-14(10-20-23)17-15-8-13(2-3-16(15)21-22-17)18(24)19-9-12-4-6-25-7-5-12/h10-13H,2-9H2,1H3,(H,19,24)(H,21,22)/t13-/m0/s1. The molecule has 2 aromatic rings. The first-order valence-corrected chi connectivity index (χ1v) is 9.11. The maximum Gasteiger partial charge on any atom is 0.223 e. The zero-order valence-electron chi connectivity index (χ0n) is 14.6. The molecular formula is C18H25N5O2. The third kappa shape index (κ3) is 3.46. The van der Waals surface area contributed by atoms with E-state index in [1.54, 1.807) is 4.68 Å². The lowest BCUT2D eigenvalue weighted by Crippen LogP contribution is -2.38. The van der Waals surface area contributed by atoms with E-state index in [4.69, 9.17) is 4.74 Å². The number of ether oxygens (including phenoxy) is 1. The molecule has 1 saturated heterocycles. The number of rotatable bonds is 4. The van der Waals surface area contributed by atoms with Crippen LogP contribution in [0, 0.1) is 11.8 Å². The number of aryl methyl sites for hydroxylation is 2. The normalized spacial score (nSPS) is 21.1. The van der Waals surface area contributed by atoms with Crippen LogP contribution in [0.2, 0.25) is 0 Å². The fourth-order valence-corrected chi connectivity index (χ4v) is 3.84. The number of hydrogen-bond acceptors (Lipinski definition) is 4. The summed E-state index contributed by atoms with van der Waals surface area (Å²) in [4.78, 5) is 12.6. The lowest BCUT2D eigenvalue weighted by Gasteiger charge is -2.25. The molecule has 134 valence electrons. The third-order valence-electron chi connectivity index (χ3n) is 5.40. The molecule has 4 rings (SSSR count). The van der Waals surface area contributed by atoms with Gasteiger partial charge in [-0.2, -0.15) is 10.2 Å². The Kier molecular flexibility index (Phi) is 4.57. The second-order valence-corrected chi connectivity index (χ2v) is 7.17. The third-order valence-corrected chi connectivity index (χ3v) is 5.40. The predicted molar refractivity (Wildman–Crippen MR) is 92.9 cm³/mol. The Hall–Kier alpha value is -2.15. The van der Waals surface area contributed by atoms with Crippen LogP contribution >= 0.6 is 0 Å². The Morgan fingerprint density at radius 1 is 1.40 bits per heavy atom. The summed E-state index contributed by atoms with van der Waals surface area (Å²) in [6.45, 7) is 2.40. The molecule has 0 spiro atoms. The fraction of sp³-hybridized carbons (Fsp3) is 0.611. The van der Waals surface area contributed by atoms with E-state index in [0.717, 1.165) is 68.8 Å². The second kappa shape index (κ2) is 7.00. The smallest absolute Gasteiger partial charge is 0.223 e. The van der Waals surface area contributed by atoms with Gasteiger partial charge in [-0.1, -0.05) is 0 Å². The Morgan fingerprint density at radius 3 is 3.00 bits per heavy atom. The minimum absolute atomic E-state index is 0.0281. The van der Waals surface area contributed by atoms with Crippen molar-refractivity contribution in [1.82, 2.24) is 25.3 Å². The predicted octanol–water partition coefficient (Wildman–Crippen LogP) is 1.46. The van der Waals surface area contributed by atoms with Crippen molar-refractivity contribution < 1.29 is 9.53 Å². The van der Waals surface area contributed by atoms with Crippen LogP contribution in [0.5, 0.6) is 0 Å². The van der Waals surface area contributed by atoms with E-state index in [0.29, 0.717) is 5.92 Å². The average molecular weight is 343 g/mol. The van der Waals surface area contributed by atoms with Gasteiger partial charge in [0.1, 0.15) is 0 Å². The van der Waals surface area contributed by atoms with Gasteiger partial charge in [0.05, 0.1) is 11.9 Å². The number of carbonyl (C=O) groups excluding carboxylic acids is 1. The number of aromatic nitrogens is 4. The van der Waals surface area contributed by atoms with Crippen molar-refractivity contribution in [3.05, 3.63) is 23.7 Å². The van der Waals surface area contributed by atoms with E-state index in [1.807, 2.05) is 19.4 Å². The highest BCUT2D eigenvalue weighted by Crippen LogP contribution is 2.32. The maximum atomic E-state index is 12.6. The monoisotopic (exact) mass is 343 g/mol. The van der Waals surface area contributed by atoms with Crippen LogP contribution in [0.25, 0.3) is 11.3 Å². The molecule has 0 aromatic carbocycles. The van der Waals surface area contributed by atoms with E-state index in [2.05, 4.69) is 20.6 Å². The molecule has 0 bridgehead atoms. The van der Waals surface area contributed by atoms with Gasteiger partial charge in [0.25, 0.3) is 0 Å². The molecule has 25 heavy (non-hydrogen) atoms. The summed E-state index contributed by atoms with van der Waals surface area (Å²) < 4.78 is 7.16. The van der Waals surface area contributed by atoms with Crippen LogP contribution in [0.4, 0.5) is 0 Å². The first-order valence-electron chi connectivity index (χ1n) is 9.11. The fourth-order valence-electron chi connectivity index (χ4n) is 3.84. The van der Waals surface area contributed by atoms with E-state index in [1.165, 1.54) is 5.56 Å². The topological polar surface area (TPSA) is 84.8 Å². The van der Waals surface area contributed by atoms with Crippen molar-refractivity contribution in [3.8, 4) is 11.3 Å². The number of nitrogens with zero attached hydrogens (tertiary/aromatic N) is 3. The Morgan fingerprint density at radius 2 is 2.24 bits per heavy atom. The first-order chi connectivity index (χ1) is 12.2. The van der Waals surface area contributed by atoms with Crippen LogP contribution in [0.1, 0.15) is 30.5 Å². The number of H-pyrrole nitrogens is 1. The van der Waals surface area contributed by atoms with E-state index in [9.17, 15) is 4.79 Å². The molecule has 1 fully saturated rings. The van der Waals surface area contributed by atoms with Crippen molar-refractivity contribution >= 4 is 5.91 Å². The first kappa shape index (κ1) is 16.3. The largest absolute Gasteiger partial charge is 0.381 e. The highest BCUT2D eigenvalue weighted by molar-refractivity contribution is 5.80. The molecule has 1 aliphatic carbocycles. The molecule has 0 unspecified atom stereocenters. The number of fused-ring (bicyclic) bond motifs is 1. The summed E-state index contributed by atoms with van der Waals surface area (Å²) in [5.74, 6) is 0.757. The summed E-state index contributed by atoms with van der Waals surface area (Å²) in [6.07, 6.45) is 8.37. The Bertz CT molecular complexity index is 744. The van der Waals surface area contributed by atoms with Gasteiger partial charge < -0.3 is 10.1 Å². The molecule has 1 atom stereocenters. The molecule has 7 nitrogen and oxygen atoms in total. The Balaban J connectivity index is 1.41. The van der Waals surface area contributed by atoms with Crippen LogP contribution in [-0.2, 0) is 29.4 Å². The molecule has 2 aromatic heterocycles. The zero-order chi connectivity index (χ0) is 17.2. The minimum Gasteiger partial charge on any atom is -0.381 e. The number of amides is 1. The molecular weight excluding hydrogens is 318 g/mol. The van der Waals surface area contributed by atoms with Gasteiger partial charge in [0, 0.05) is 55.7 Å². The molecule has 7 heteroatoms. The molecule has 3 heterocycles. The van der Waals surface area contributed by atoms with Crippen LogP contribution < -0.4 is 5.32 Å². The molecule has 0 saturated carbocycles. The number of carbonyl (C=O) groups is 1. The number of aromatic amines is 1. The average Bonchev–Trinajstić information content (AvgIpc) is 3.25. The number of nitrogens with one attached hydrogen (secondary N) is 2.